The number of piperidine rings is 2. The lowest BCUT2D eigenvalue weighted by Gasteiger charge is -2.54. The van der Waals surface area contributed by atoms with E-state index in [1.807, 2.05) is 17.0 Å². The van der Waals surface area contributed by atoms with Crippen molar-refractivity contribution in [2.75, 3.05) is 13.7 Å². The first-order valence-corrected chi connectivity index (χ1v) is 11.7. The predicted octanol–water partition coefficient (Wildman–Crippen LogP) is 4.64. The van der Waals surface area contributed by atoms with Crippen LogP contribution in [0.15, 0.2) is 61.1 Å². The molecular formula is C26H25F3N4O3. The van der Waals surface area contributed by atoms with Gasteiger partial charge in [0.25, 0.3) is 5.91 Å². The van der Waals surface area contributed by atoms with Gasteiger partial charge in [0.05, 0.1) is 29.8 Å². The molecule has 4 heterocycles. The van der Waals surface area contributed by atoms with E-state index in [1.165, 1.54) is 6.07 Å². The predicted molar refractivity (Wildman–Crippen MR) is 124 cm³/mol. The van der Waals surface area contributed by atoms with Gasteiger partial charge in [0, 0.05) is 37.3 Å². The summed E-state index contributed by atoms with van der Waals surface area (Å²) in [7, 11) is 1.61. The van der Waals surface area contributed by atoms with Crippen LogP contribution in [0.25, 0.3) is 11.4 Å². The topological polar surface area (TPSA) is 77.4 Å². The van der Waals surface area contributed by atoms with Crippen molar-refractivity contribution < 1.29 is 27.4 Å². The largest absolute Gasteiger partial charge is 0.472 e. The number of amides is 1. The summed E-state index contributed by atoms with van der Waals surface area (Å²) in [6.45, 7) is 0.377. The molecule has 188 valence electrons. The fraction of sp³-hybridized carbons (Fsp3) is 0.385. The van der Waals surface area contributed by atoms with Gasteiger partial charge in [0.1, 0.15) is 6.10 Å². The summed E-state index contributed by atoms with van der Waals surface area (Å²) in [6, 6.07) is 10.7. The molecule has 4 unspecified atom stereocenters. The molecule has 2 aliphatic heterocycles. The van der Waals surface area contributed by atoms with Gasteiger partial charge in [-0.1, -0.05) is 18.2 Å². The molecular weight excluding hydrogens is 473 g/mol. The van der Waals surface area contributed by atoms with E-state index >= 15 is 0 Å². The van der Waals surface area contributed by atoms with E-state index in [4.69, 9.17) is 9.47 Å². The summed E-state index contributed by atoms with van der Waals surface area (Å²) >= 11 is 0. The van der Waals surface area contributed by atoms with Gasteiger partial charge in [-0.3, -0.25) is 4.79 Å². The molecule has 2 saturated heterocycles. The minimum atomic E-state index is -4.47. The maximum atomic E-state index is 14.0. The van der Waals surface area contributed by atoms with Crippen LogP contribution in [0.2, 0.25) is 0 Å². The number of carbonyl (C=O) groups excluding carboxylic acids is 1. The smallest absolute Gasteiger partial charge is 0.417 e. The Kier molecular flexibility index (Phi) is 6.61. The summed E-state index contributed by atoms with van der Waals surface area (Å²) in [5, 5.41) is 0. The highest BCUT2D eigenvalue weighted by Gasteiger charge is 2.50. The number of ether oxygens (including phenoxy) is 2. The number of rotatable bonds is 6. The van der Waals surface area contributed by atoms with E-state index in [2.05, 4.69) is 15.0 Å². The number of nitrogens with zero attached hydrogens (tertiary/aromatic N) is 4. The Bertz CT molecular complexity index is 1210. The summed E-state index contributed by atoms with van der Waals surface area (Å²) in [4.78, 5) is 28.4. The van der Waals surface area contributed by atoms with Crippen LogP contribution >= 0.6 is 0 Å². The number of alkyl halides is 3. The van der Waals surface area contributed by atoms with Gasteiger partial charge < -0.3 is 14.4 Å². The highest BCUT2D eigenvalue weighted by atomic mass is 19.4. The molecule has 0 spiro atoms. The molecule has 2 bridgehead atoms. The normalized spacial score (nSPS) is 23.5. The molecule has 2 aromatic heterocycles. The van der Waals surface area contributed by atoms with Crippen molar-refractivity contribution in [2.24, 2.45) is 5.92 Å². The second-order valence-corrected chi connectivity index (χ2v) is 9.03. The number of hydrogen-bond acceptors (Lipinski definition) is 6. The van der Waals surface area contributed by atoms with Crippen LogP contribution in [0, 0.1) is 5.92 Å². The molecule has 1 aliphatic carbocycles. The molecule has 1 aromatic carbocycles. The van der Waals surface area contributed by atoms with Crippen molar-refractivity contribution in [1.82, 2.24) is 19.9 Å². The molecule has 36 heavy (non-hydrogen) atoms. The SMILES string of the molecule is COCC1C2CCC(C(Oc3ccc(C(F)(F)F)cn3)C2)N1C(=O)c1ccccc1-c1ncccn1. The quantitative estimate of drug-likeness (QED) is 0.493. The summed E-state index contributed by atoms with van der Waals surface area (Å²) in [5.41, 5.74) is 0.267. The van der Waals surface area contributed by atoms with Crippen LogP contribution in [-0.4, -0.2) is 57.7 Å². The van der Waals surface area contributed by atoms with Crippen LogP contribution in [0.5, 0.6) is 5.88 Å². The molecule has 10 heteroatoms. The van der Waals surface area contributed by atoms with Gasteiger partial charge in [-0.05, 0) is 43.4 Å². The molecule has 1 amide bonds. The van der Waals surface area contributed by atoms with E-state index in [0.29, 0.717) is 36.4 Å². The van der Waals surface area contributed by atoms with Crippen molar-refractivity contribution >= 4 is 5.91 Å². The van der Waals surface area contributed by atoms with Crippen molar-refractivity contribution in [3.05, 3.63) is 72.2 Å². The van der Waals surface area contributed by atoms with E-state index in [9.17, 15) is 18.0 Å². The third-order valence-corrected chi connectivity index (χ3v) is 6.93. The first-order chi connectivity index (χ1) is 17.4. The first-order valence-electron chi connectivity index (χ1n) is 11.7. The fourth-order valence-electron chi connectivity index (χ4n) is 5.31. The van der Waals surface area contributed by atoms with Crippen molar-refractivity contribution in [3.8, 4) is 17.3 Å². The van der Waals surface area contributed by atoms with Crippen LogP contribution in [0.1, 0.15) is 35.2 Å². The van der Waals surface area contributed by atoms with E-state index in [1.54, 1.807) is 37.7 Å². The molecule has 3 aliphatic rings. The van der Waals surface area contributed by atoms with Crippen molar-refractivity contribution in [3.63, 3.8) is 0 Å². The summed E-state index contributed by atoms with van der Waals surface area (Å²) in [5.74, 6) is 0.505. The maximum Gasteiger partial charge on any atom is 0.417 e. The lowest BCUT2D eigenvalue weighted by atomic mass is 9.72. The van der Waals surface area contributed by atoms with Gasteiger partial charge in [0.15, 0.2) is 5.82 Å². The molecule has 1 saturated carbocycles. The Morgan fingerprint density at radius 2 is 1.83 bits per heavy atom. The zero-order valence-electron chi connectivity index (χ0n) is 19.6. The fourth-order valence-corrected chi connectivity index (χ4v) is 5.31. The van der Waals surface area contributed by atoms with E-state index in [0.717, 1.165) is 18.7 Å². The van der Waals surface area contributed by atoms with Crippen molar-refractivity contribution in [2.45, 2.75) is 43.6 Å². The lowest BCUT2D eigenvalue weighted by molar-refractivity contribution is -0.137. The Hall–Kier alpha value is -3.53. The average Bonchev–Trinajstić information content (AvgIpc) is 2.89. The van der Waals surface area contributed by atoms with Crippen LogP contribution in [0.3, 0.4) is 0 Å². The third-order valence-electron chi connectivity index (χ3n) is 6.93. The van der Waals surface area contributed by atoms with Gasteiger partial charge in [-0.25, -0.2) is 15.0 Å². The number of hydrogen-bond donors (Lipinski definition) is 0. The zero-order valence-corrected chi connectivity index (χ0v) is 19.6. The van der Waals surface area contributed by atoms with Gasteiger partial charge in [0.2, 0.25) is 5.88 Å². The molecule has 3 fully saturated rings. The standard InChI is InChI=1S/C26H25F3N4O3/c1-35-15-21-16-7-9-20(22(13-16)36-23-10-8-17(14-32-23)26(27,28)29)33(21)25(34)19-6-3-2-5-18(19)24-30-11-4-12-31-24/h2-6,8,10-12,14,16,20-22H,7,9,13,15H2,1H3. The van der Waals surface area contributed by atoms with E-state index in [-0.39, 0.29) is 29.8 Å². The maximum absolute atomic E-state index is 14.0. The summed E-state index contributed by atoms with van der Waals surface area (Å²) < 4.78 is 50.3. The lowest BCUT2D eigenvalue weighted by Crippen LogP contribution is -2.65. The highest BCUT2D eigenvalue weighted by molar-refractivity contribution is 6.00. The Morgan fingerprint density at radius 3 is 2.53 bits per heavy atom. The molecule has 0 radical (unpaired) electrons. The number of carbonyl (C=O) groups is 1. The number of fused-ring (bicyclic) bond motifs is 3. The van der Waals surface area contributed by atoms with Crippen LogP contribution < -0.4 is 4.74 Å². The minimum Gasteiger partial charge on any atom is -0.472 e. The number of aromatic nitrogens is 3. The van der Waals surface area contributed by atoms with Gasteiger partial charge in [-0.15, -0.1) is 0 Å². The molecule has 7 nitrogen and oxygen atoms in total. The summed E-state index contributed by atoms with van der Waals surface area (Å²) in [6.07, 6.45) is 1.44. The average molecular weight is 499 g/mol. The second-order valence-electron chi connectivity index (χ2n) is 9.03. The number of benzene rings is 1. The van der Waals surface area contributed by atoms with Crippen LogP contribution in [0.4, 0.5) is 13.2 Å². The Labute approximate surface area is 206 Å². The molecule has 6 rings (SSSR count). The van der Waals surface area contributed by atoms with E-state index < -0.39 is 17.8 Å². The molecule has 3 aromatic rings. The van der Waals surface area contributed by atoms with Crippen LogP contribution in [-0.2, 0) is 10.9 Å². The zero-order chi connectivity index (χ0) is 25.3. The first kappa shape index (κ1) is 24.2. The third kappa shape index (κ3) is 4.65. The molecule has 4 atom stereocenters. The number of pyridine rings is 1. The molecule has 0 N–H and O–H groups in total. The van der Waals surface area contributed by atoms with Crippen molar-refractivity contribution in [1.29, 1.82) is 0 Å². The van der Waals surface area contributed by atoms with Gasteiger partial charge in [-0.2, -0.15) is 13.2 Å². The Morgan fingerprint density at radius 1 is 1.06 bits per heavy atom. The van der Waals surface area contributed by atoms with Gasteiger partial charge >= 0.3 is 6.18 Å². The Balaban J connectivity index is 1.45. The second kappa shape index (κ2) is 9.85. The minimum absolute atomic E-state index is 0.106. The monoisotopic (exact) mass is 498 g/mol. The number of methoxy groups -OCH3 is 1. The number of halogens is 3. The highest BCUT2D eigenvalue weighted by Crippen LogP contribution is 2.43.